The number of halogens is 1. The van der Waals surface area contributed by atoms with Gasteiger partial charge in [-0.05, 0) is 12.1 Å². The number of fused-ring (bicyclic) bond motifs is 1. The molecule has 2 aromatic heterocycles. The average molecular weight is 441 g/mol. The maximum Gasteiger partial charge on any atom is 0.356 e. The molecule has 4 rings (SSSR count). The van der Waals surface area contributed by atoms with Crippen LogP contribution in [0.3, 0.4) is 0 Å². The van der Waals surface area contributed by atoms with Gasteiger partial charge in [0.1, 0.15) is 0 Å². The fourth-order valence-corrected chi connectivity index (χ4v) is 3.83. The molecule has 3 heterocycles. The van der Waals surface area contributed by atoms with E-state index in [4.69, 9.17) is 11.6 Å². The fraction of sp³-hybridized carbons (Fsp3) is 0.190. The molecule has 0 aliphatic carbocycles. The molecule has 31 heavy (non-hydrogen) atoms. The van der Waals surface area contributed by atoms with Gasteiger partial charge in [-0.25, -0.2) is 9.78 Å². The van der Waals surface area contributed by atoms with Gasteiger partial charge in [0.2, 0.25) is 0 Å². The second-order valence-electron chi connectivity index (χ2n) is 6.99. The summed E-state index contributed by atoms with van der Waals surface area (Å²) in [7, 11) is 0. The molecule has 158 valence electrons. The Morgan fingerprint density at radius 3 is 2.29 bits per heavy atom. The van der Waals surface area contributed by atoms with Crippen molar-refractivity contribution in [2.75, 3.05) is 26.2 Å². The second-order valence-corrected chi connectivity index (χ2v) is 7.40. The number of nitrogens with one attached hydrogen (secondary N) is 1. The maximum absolute atomic E-state index is 12.9. The van der Waals surface area contributed by atoms with Gasteiger partial charge in [-0.1, -0.05) is 29.8 Å². The van der Waals surface area contributed by atoms with Gasteiger partial charge in [0, 0.05) is 49.5 Å². The number of carboxylic acids is 1. The van der Waals surface area contributed by atoms with E-state index in [2.05, 4.69) is 9.97 Å². The molecular weight excluding hydrogens is 424 g/mol. The first-order valence-corrected chi connectivity index (χ1v) is 9.83. The van der Waals surface area contributed by atoms with E-state index in [1.54, 1.807) is 29.2 Å². The molecule has 1 aromatic carbocycles. The summed E-state index contributed by atoms with van der Waals surface area (Å²) in [6.07, 6.45) is 2.40. The molecule has 10 heteroatoms. The van der Waals surface area contributed by atoms with Crippen LogP contribution in [0.4, 0.5) is 0 Å². The third-order valence-electron chi connectivity index (χ3n) is 5.18. The third-order valence-corrected chi connectivity index (χ3v) is 5.47. The summed E-state index contributed by atoms with van der Waals surface area (Å²) >= 11 is 6.13. The second kappa shape index (κ2) is 8.19. The van der Waals surface area contributed by atoms with Crippen molar-refractivity contribution in [3.63, 3.8) is 0 Å². The predicted octanol–water partition coefficient (Wildman–Crippen LogP) is 2.08. The van der Waals surface area contributed by atoms with Crippen LogP contribution in [-0.2, 0) is 4.79 Å². The number of carbonyl (C=O) groups excluding carboxylic acids is 3. The predicted molar refractivity (Wildman–Crippen MR) is 111 cm³/mol. The number of aromatic carboxylic acids is 1. The minimum atomic E-state index is -1.28. The average Bonchev–Trinajstić information content (AvgIpc) is 3.24. The number of Topliss-reactive ketones (excluding diaryl/α,β-unsaturated/α-hetero) is 1. The van der Waals surface area contributed by atoms with E-state index >= 15 is 0 Å². The van der Waals surface area contributed by atoms with Gasteiger partial charge < -0.3 is 19.9 Å². The number of carbonyl (C=O) groups is 4. The van der Waals surface area contributed by atoms with Gasteiger partial charge >= 0.3 is 5.97 Å². The molecule has 2 amide bonds. The lowest BCUT2D eigenvalue weighted by molar-refractivity contribution is -0.127. The molecule has 0 unspecified atom stereocenters. The number of rotatable bonds is 4. The van der Waals surface area contributed by atoms with E-state index in [-0.39, 0.29) is 46.2 Å². The lowest BCUT2D eigenvalue weighted by Gasteiger charge is -2.34. The van der Waals surface area contributed by atoms with E-state index < -0.39 is 17.7 Å². The Bertz CT molecular complexity index is 1200. The number of pyridine rings is 1. The van der Waals surface area contributed by atoms with Crippen molar-refractivity contribution in [1.29, 1.82) is 0 Å². The molecule has 1 aliphatic rings. The molecule has 0 bridgehead atoms. The van der Waals surface area contributed by atoms with Gasteiger partial charge in [-0.2, -0.15) is 0 Å². The van der Waals surface area contributed by atoms with E-state index in [0.717, 1.165) is 6.20 Å². The Kier molecular flexibility index (Phi) is 5.43. The highest BCUT2D eigenvalue weighted by Gasteiger charge is 2.31. The van der Waals surface area contributed by atoms with Crippen molar-refractivity contribution in [2.24, 2.45) is 0 Å². The Morgan fingerprint density at radius 2 is 1.65 bits per heavy atom. The van der Waals surface area contributed by atoms with Crippen molar-refractivity contribution in [3.05, 3.63) is 64.6 Å². The van der Waals surface area contributed by atoms with Gasteiger partial charge in [-0.15, -0.1) is 0 Å². The third kappa shape index (κ3) is 3.75. The summed E-state index contributed by atoms with van der Waals surface area (Å²) in [5, 5.41) is 9.48. The van der Waals surface area contributed by atoms with Crippen LogP contribution in [0.5, 0.6) is 0 Å². The molecule has 0 atom stereocenters. The van der Waals surface area contributed by atoms with Crippen molar-refractivity contribution in [3.8, 4) is 0 Å². The molecule has 0 spiro atoms. The zero-order valence-corrected chi connectivity index (χ0v) is 16.9. The summed E-state index contributed by atoms with van der Waals surface area (Å²) in [5.74, 6) is -2.96. The first-order chi connectivity index (χ1) is 14.9. The van der Waals surface area contributed by atoms with Crippen molar-refractivity contribution in [2.45, 2.75) is 0 Å². The zero-order chi connectivity index (χ0) is 22.1. The summed E-state index contributed by atoms with van der Waals surface area (Å²) in [6, 6.07) is 8.84. The standard InChI is InChI=1S/C21H17ClN4O5/c22-14-11-24-17(21(30)31)16-15(14)13(10-23-16)18(27)20(29)26-8-6-25(7-9-26)19(28)12-4-2-1-3-5-12/h1-5,10-11,23H,6-9H2,(H,30,31). The number of hydrogen-bond acceptors (Lipinski definition) is 5. The zero-order valence-electron chi connectivity index (χ0n) is 16.2. The quantitative estimate of drug-likeness (QED) is 0.473. The molecule has 2 N–H and O–H groups in total. The van der Waals surface area contributed by atoms with E-state index in [9.17, 15) is 24.3 Å². The van der Waals surface area contributed by atoms with Crippen LogP contribution in [0, 0.1) is 0 Å². The largest absolute Gasteiger partial charge is 0.476 e. The van der Waals surface area contributed by atoms with Gasteiger partial charge in [0.05, 0.1) is 16.1 Å². The number of aromatic amines is 1. The van der Waals surface area contributed by atoms with Crippen LogP contribution >= 0.6 is 11.6 Å². The molecule has 9 nitrogen and oxygen atoms in total. The molecular formula is C21H17ClN4O5. The number of ketones is 1. The Balaban J connectivity index is 1.50. The number of nitrogens with zero attached hydrogens (tertiary/aromatic N) is 3. The van der Waals surface area contributed by atoms with Crippen LogP contribution in [0.1, 0.15) is 31.2 Å². The maximum atomic E-state index is 12.9. The number of benzene rings is 1. The van der Waals surface area contributed by atoms with E-state index in [1.807, 2.05) is 6.07 Å². The smallest absolute Gasteiger partial charge is 0.356 e. The normalized spacial score (nSPS) is 14.0. The summed E-state index contributed by atoms with van der Waals surface area (Å²) in [4.78, 5) is 59.0. The van der Waals surface area contributed by atoms with Gasteiger partial charge in [0.15, 0.2) is 5.69 Å². The number of carboxylic acid groups (broad SMARTS) is 1. The van der Waals surface area contributed by atoms with Gasteiger partial charge in [0.25, 0.3) is 17.6 Å². The Hall–Kier alpha value is -3.72. The molecule has 1 fully saturated rings. The van der Waals surface area contributed by atoms with Crippen LogP contribution in [0.25, 0.3) is 10.9 Å². The summed E-state index contributed by atoms with van der Waals surface area (Å²) < 4.78 is 0. The minimum Gasteiger partial charge on any atom is -0.476 e. The highest BCUT2D eigenvalue weighted by atomic mass is 35.5. The monoisotopic (exact) mass is 440 g/mol. The summed E-state index contributed by atoms with van der Waals surface area (Å²) in [5.41, 5.74) is 0.334. The van der Waals surface area contributed by atoms with Crippen molar-refractivity contribution < 1.29 is 24.3 Å². The molecule has 3 aromatic rings. The Labute approximate surface area is 181 Å². The molecule has 0 saturated carbocycles. The first kappa shape index (κ1) is 20.5. The first-order valence-electron chi connectivity index (χ1n) is 9.45. The van der Waals surface area contributed by atoms with Crippen LogP contribution < -0.4 is 0 Å². The van der Waals surface area contributed by atoms with E-state index in [0.29, 0.717) is 18.7 Å². The number of piperazine rings is 1. The van der Waals surface area contributed by atoms with Crippen LogP contribution in [0.15, 0.2) is 42.7 Å². The van der Waals surface area contributed by atoms with Crippen LogP contribution in [0.2, 0.25) is 5.02 Å². The highest BCUT2D eigenvalue weighted by molar-refractivity contribution is 6.47. The van der Waals surface area contributed by atoms with Crippen LogP contribution in [-0.4, -0.2) is 74.6 Å². The lowest BCUT2D eigenvalue weighted by Crippen LogP contribution is -2.52. The number of hydrogen-bond donors (Lipinski definition) is 2. The van der Waals surface area contributed by atoms with E-state index in [1.165, 1.54) is 11.1 Å². The number of H-pyrrole nitrogens is 1. The SMILES string of the molecule is O=C(O)c1ncc(Cl)c2c(C(=O)C(=O)N3CCN(C(=O)c4ccccc4)CC3)c[nH]c12. The topological polar surface area (TPSA) is 124 Å². The molecule has 1 saturated heterocycles. The van der Waals surface area contributed by atoms with Crippen molar-refractivity contribution >= 4 is 46.1 Å². The summed E-state index contributed by atoms with van der Waals surface area (Å²) in [6.45, 7) is 1.02. The molecule has 0 radical (unpaired) electrons. The number of amides is 2. The minimum absolute atomic E-state index is 0.0160. The number of aromatic nitrogens is 2. The molecule has 1 aliphatic heterocycles. The Morgan fingerprint density at radius 1 is 1.00 bits per heavy atom. The lowest BCUT2D eigenvalue weighted by atomic mass is 10.1. The van der Waals surface area contributed by atoms with Gasteiger partial charge in [-0.3, -0.25) is 14.4 Å². The van der Waals surface area contributed by atoms with Crippen molar-refractivity contribution in [1.82, 2.24) is 19.8 Å². The highest BCUT2D eigenvalue weighted by Crippen LogP contribution is 2.28. The fourth-order valence-electron chi connectivity index (χ4n) is 3.58.